The van der Waals surface area contributed by atoms with Crippen molar-refractivity contribution in [1.29, 1.82) is 0 Å². The summed E-state index contributed by atoms with van der Waals surface area (Å²) in [5, 5.41) is 0. The zero-order valence-electron chi connectivity index (χ0n) is 12.4. The minimum absolute atomic E-state index is 0.307. The first-order valence-electron chi connectivity index (χ1n) is 7.13. The first kappa shape index (κ1) is 14.6. The second-order valence-electron chi connectivity index (χ2n) is 6.52. The van der Waals surface area contributed by atoms with Gasteiger partial charge in [-0.1, -0.05) is 19.3 Å². The van der Waals surface area contributed by atoms with Crippen molar-refractivity contribution in [1.82, 2.24) is 4.90 Å². The molecule has 0 aromatic heterocycles. The van der Waals surface area contributed by atoms with Crippen LogP contribution in [-0.4, -0.2) is 22.5 Å². The van der Waals surface area contributed by atoms with E-state index in [0.29, 0.717) is 11.1 Å². The molecule has 1 rings (SSSR count). The highest BCUT2D eigenvalue weighted by atomic mass is 15.2. The van der Waals surface area contributed by atoms with Crippen molar-refractivity contribution in [3.05, 3.63) is 0 Å². The largest absolute Gasteiger partial charge is 0.282 e. The molecule has 98 valence electrons. The molecule has 0 bridgehead atoms. The minimum atomic E-state index is 0.307. The van der Waals surface area contributed by atoms with Crippen LogP contribution < -0.4 is 0 Å². The molecule has 0 aromatic carbocycles. The predicted molar refractivity (Wildman–Crippen MR) is 76.0 cm³/mol. The number of unbranched alkanes of at least 4 members (excludes halogenated alkanes) is 2. The van der Waals surface area contributed by atoms with Gasteiger partial charge < -0.3 is 0 Å². The second-order valence-corrected chi connectivity index (χ2v) is 6.52. The van der Waals surface area contributed by atoms with E-state index in [-0.39, 0.29) is 0 Å². The Morgan fingerprint density at radius 1 is 1.00 bits per heavy atom. The Hall–Kier alpha value is -0.480. The molecular weight excluding hydrogens is 206 g/mol. The van der Waals surface area contributed by atoms with E-state index in [1.54, 1.807) is 0 Å². The maximum atomic E-state index is 3.38. The molecule has 0 N–H and O–H groups in total. The Bertz CT molecular complexity index is 274. The fraction of sp³-hybridized carbons (Fsp3) is 0.875. The lowest BCUT2D eigenvalue weighted by molar-refractivity contribution is -0.0144. The summed E-state index contributed by atoms with van der Waals surface area (Å²) in [6.07, 6.45) is 7.49. The van der Waals surface area contributed by atoms with Gasteiger partial charge in [-0.25, -0.2) is 0 Å². The maximum Gasteiger partial charge on any atom is 0.0611 e. The lowest BCUT2D eigenvalue weighted by Gasteiger charge is -2.52. The van der Waals surface area contributed by atoms with Crippen LogP contribution in [-0.2, 0) is 0 Å². The van der Waals surface area contributed by atoms with Crippen LogP contribution in [0.3, 0.4) is 0 Å². The molecule has 1 saturated heterocycles. The molecule has 17 heavy (non-hydrogen) atoms. The Morgan fingerprint density at radius 3 is 2.12 bits per heavy atom. The maximum absolute atomic E-state index is 3.38. The fourth-order valence-corrected chi connectivity index (χ4v) is 2.96. The van der Waals surface area contributed by atoms with Crippen molar-refractivity contribution in [2.45, 2.75) is 84.2 Å². The Kier molecular flexibility index (Phi) is 5.07. The van der Waals surface area contributed by atoms with Gasteiger partial charge in [-0.15, -0.1) is 5.92 Å². The average molecular weight is 235 g/mol. The monoisotopic (exact) mass is 235 g/mol. The molecule has 0 aliphatic carbocycles. The van der Waals surface area contributed by atoms with Crippen LogP contribution in [0.2, 0.25) is 0 Å². The van der Waals surface area contributed by atoms with Crippen LogP contribution in [0.4, 0.5) is 0 Å². The summed E-state index contributed by atoms with van der Waals surface area (Å²) >= 11 is 0. The summed E-state index contributed by atoms with van der Waals surface area (Å²) in [7, 11) is 0. The van der Waals surface area contributed by atoms with Gasteiger partial charge >= 0.3 is 0 Å². The van der Waals surface area contributed by atoms with Crippen LogP contribution >= 0.6 is 0 Å². The van der Waals surface area contributed by atoms with Gasteiger partial charge in [0, 0.05) is 17.5 Å². The van der Waals surface area contributed by atoms with E-state index in [0.717, 1.165) is 13.0 Å². The molecular formula is C16H29N. The zero-order valence-corrected chi connectivity index (χ0v) is 12.4. The van der Waals surface area contributed by atoms with Crippen LogP contribution in [0.15, 0.2) is 0 Å². The van der Waals surface area contributed by atoms with E-state index in [2.05, 4.69) is 51.4 Å². The quantitative estimate of drug-likeness (QED) is 0.523. The van der Waals surface area contributed by atoms with Gasteiger partial charge in [0.2, 0.25) is 0 Å². The lowest BCUT2D eigenvalue weighted by atomic mass is 9.80. The van der Waals surface area contributed by atoms with E-state index >= 15 is 0 Å². The molecule has 0 radical (unpaired) electrons. The normalized spacial score (nSPS) is 22.9. The summed E-state index contributed by atoms with van der Waals surface area (Å²) in [6, 6.07) is 0. The number of likely N-dealkylation sites (tertiary alicyclic amines) is 1. The third-order valence-corrected chi connectivity index (χ3v) is 4.06. The van der Waals surface area contributed by atoms with Gasteiger partial charge in [0.15, 0.2) is 0 Å². The average Bonchev–Trinajstić information content (AvgIpc) is 2.20. The van der Waals surface area contributed by atoms with E-state index in [4.69, 9.17) is 0 Å². The van der Waals surface area contributed by atoms with Crippen molar-refractivity contribution < 1.29 is 0 Å². The van der Waals surface area contributed by atoms with Gasteiger partial charge in [-0.05, 0) is 53.4 Å². The molecule has 0 aromatic rings. The summed E-state index contributed by atoms with van der Waals surface area (Å²) in [6.45, 7) is 12.6. The van der Waals surface area contributed by atoms with E-state index in [1.807, 2.05) is 0 Å². The highest BCUT2D eigenvalue weighted by molar-refractivity contribution is 5.07. The standard InChI is InChI=1S/C16H29N/c1-6-7-8-9-10-14-17-15(2,3)12-11-13-16(17,4)5/h6-8,11-14H2,1-5H3. The molecule has 1 heterocycles. The SMILES string of the molecule is CCCCC#CCN1C(C)(C)CCCC1(C)C. The summed E-state index contributed by atoms with van der Waals surface area (Å²) in [5.74, 6) is 6.69. The van der Waals surface area contributed by atoms with Crippen LogP contribution in [0.1, 0.15) is 73.1 Å². The third-order valence-electron chi connectivity index (χ3n) is 4.06. The summed E-state index contributed by atoms with van der Waals surface area (Å²) in [4.78, 5) is 2.60. The van der Waals surface area contributed by atoms with E-state index in [9.17, 15) is 0 Å². The highest BCUT2D eigenvalue weighted by Crippen LogP contribution is 2.37. The number of hydrogen-bond acceptors (Lipinski definition) is 1. The van der Waals surface area contributed by atoms with Gasteiger partial charge in [0.05, 0.1) is 6.54 Å². The fourth-order valence-electron chi connectivity index (χ4n) is 2.96. The van der Waals surface area contributed by atoms with Gasteiger partial charge in [-0.2, -0.15) is 0 Å². The Morgan fingerprint density at radius 2 is 1.59 bits per heavy atom. The molecule has 1 aliphatic rings. The first-order valence-corrected chi connectivity index (χ1v) is 7.13. The van der Waals surface area contributed by atoms with Crippen LogP contribution in [0.5, 0.6) is 0 Å². The molecule has 0 unspecified atom stereocenters. The van der Waals surface area contributed by atoms with Crippen molar-refractivity contribution in [3.8, 4) is 11.8 Å². The Balaban J connectivity index is 2.60. The Labute approximate surface area is 108 Å². The summed E-state index contributed by atoms with van der Waals surface area (Å²) in [5.41, 5.74) is 0.613. The van der Waals surface area contributed by atoms with Crippen LogP contribution in [0, 0.1) is 11.8 Å². The molecule has 0 amide bonds. The molecule has 0 saturated carbocycles. The molecule has 0 spiro atoms. The van der Waals surface area contributed by atoms with Crippen molar-refractivity contribution in [2.75, 3.05) is 6.54 Å². The van der Waals surface area contributed by atoms with Crippen LogP contribution in [0.25, 0.3) is 0 Å². The second kappa shape index (κ2) is 5.91. The van der Waals surface area contributed by atoms with E-state index < -0.39 is 0 Å². The first-order chi connectivity index (χ1) is 7.90. The van der Waals surface area contributed by atoms with Crippen molar-refractivity contribution in [2.24, 2.45) is 0 Å². The number of nitrogens with zero attached hydrogens (tertiary/aromatic N) is 1. The number of rotatable bonds is 3. The third kappa shape index (κ3) is 4.03. The highest BCUT2D eigenvalue weighted by Gasteiger charge is 2.40. The van der Waals surface area contributed by atoms with Crippen molar-refractivity contribution in [3.63, 3.8) is 0 Å². The number of hydrogen-bond donors (Lipinski definition) is 0. The number of piperidine rings is 1. The molecule has 1 fully saturated rings. The topological polar surface area (TPSA) is 3.24 Å². The molecule has 1 heteroatoms. The smallest absolute Gasteiger partial charge is 0.0611 e. The molecule has 1 nitrogen and oxygen atoms in total. The van der Waals surface area contributed by atoms with Crippen molar-refractivity contribution >= 4 is 0 Å². The zero-order chi connectivity index (χ0) is 12.9. The van der Waals surface area contributed by atoms with Gasteiger partial charge in [0.1, 0.15) is 0 Å². The predicted octanol–water partition coefficient (Wildman–Crippen LogP) is 4.22. The summed E-state index contributed by atoms with van der Waals surface area (Å²) < 4.78 is 0. The molecule has 1 aliphatic heterocycles. The van der Waals surface area contributed by atoms with Gasteiger partial charge in [-0.3, -0.25) is 4.90 Å². The van der Waals surface area contributed by atoms with E-state index in [1.165, 1.54) is 32.1 Å². The lowest BCUT2D eigenvalue weighted by Crippen LogP contribution is -2.58. The van der Waals surface area contributed by atoms with Gasteiger partial charge in [0.25, 0.3) is 0 Å². The molecule has 0 atom stereocenters. The minimum Gasteiger partial charge on any atom is -0.282 e.